The van der Waals surface area contributed by atoms with Gasteiger partial charge < -0.3 is 16.0 Å². The fourth-order valence-electron chi connectivity index (χ4n) is 1.97. The molecule has 0 unspecified atom stereocenters. The Morgan fingerprint density at radius 2 is 1.87 bits per heavy atom. The molecule has 0 radical (unpaired) electrons. The van der Waals surface area contributed by atoms with Gasteiger partial charge in [0.1, 0.15) is 0 Å². The molecule has 0 spiro atoms. The van der Waals surface area contributed by atoms with Crippen LogP contribution in [-0.4, -0.2) is 24.9 Å². The molecular formula is C17H18BrN3O2. The Bertz CT molecular complexity index is 704. The topological polar surface area (TPSA) is 70.2 Å². The summed E-state index contributed by atoms with van der Waals surface area (Å²) < 4.78 is 0.826. The fraction of sp³-hybridized carbons (Fsp3) is 0.176. The summed E-state index contributed by atoms with van der Waals surface area (Å²) in [5, 5.41) is 8.57. The average Bonchev–Trinajstić information content (AvgIpc) is 2.56. The Morgan fingerprint density at radius 3 is 2.61 bits per heavy atom. The van der Waals surface area contributed by atoms with Gasteiger partial charge in [-0.2, -0.15) is 0 Å². The van der Waals surface area contributed by atoms with Gasteiger partial charge in [0.2, 0.25) is 5.91 Å². The number of nitrogens with one attached hydrogen (secondary N) is 3. The van der Waals surface area contributed by atoms with Gasteiger partial charge in [-0.3, -0.25) is 9.59 Å². The summed E-state index contributed by atoms with van der Waals surface area (Å²) in [6, 6.07) is 14.5. The summed E-state index contributed by atoms with van der Waals surface area (Å²) in [6.07, 6.45) is 0. The smallest absolute Gasteiger partial charge is 0.251 e. The zero-order valence-electron chi connectivity index (χ0n) is 12.7. The van der Waals surface area contributed by atoms with E-state index in [9.17, 15) is 9.59 Å². The predicted molar refractivity (Wildman–Crippen MR) is 95.7 cm³/mol. The van der Waals surface area contributed by atoms with Crippen molar-refractivity contribution in [3.63, 3.8) is 0 Å². The Hall–Kier alpha value is -2.34. The maximum atomic E-state index is 12.0. The number of benzene rings is 2. The standard InChI is InChI=1S/C17H18BrN3O2/c1-2-19-17(23)12-6-5-7-13(10-12)20-11-16(22)21-15-9-4-3-8-14(15)18/h3-10,20H,2,11H2,1H3,(H,19,23)(H,21,22). The van der Waals surface area contributed by atoms with Crippen molar-refractivity contribution >= 4 is 39.1 Å². The van der Waals surface area contributed by atoms with Gasteiger partial charge in [0.05, 0.1) is 12.2 Å². The molecule has 0 aliphatic carbocycles. The molecule has 3 N–H and O–H groups in total. The maximum absolute atomic E-state index is 12.0. The molecule has 120 valence electrons. The van der Waals surface area contributed by atoms with Crippen LogP contribution < -0.4 is 16.0 Å². The van der Waals surface area contributed by atoms with Crippen molar-refractivity contribution in [1.82, 2.24) is 5.32 Å². The van der Waals surface area contributed by atoms with Crippen molar-refractivity contribution in [1.29, 1.82) is 0 Å². The zero-order valence-corrected chi connectivity index (χ0v) is 14.3. The van der Waals surface area contributed by atoms with Crippen molar-refractivity contribution in [2.24, 2.45) is 0 Å². The first kappa shape index (κ1) is 17.0. The monoisotopic (exact) mass is 375 g/mol. The predicted octanol–water partition coefficient (Wildman–Crippen LogP) is 3.25. The van der Waals surface area contributed by atoms with E-state index in [-0.39, 0.29) is 18.4 Å². The van der Waals surface area contributed by atoms with Crippen molar-refractivity contribution in [2.45, 2.75) is 6.92 Å². The number of hydrogen-bond acceptors (Lipinski definition) is 3. The third-order valence-corrected chi connectivity index (χ3v) is 3.75. The van der Waals surface area contributed by atoms with Crippen molar-refractivity contribution in [3.8, 4) is 0 Å². The van der Waals surface area contributed by atoms with Gasteiger partial charge in [0.15, 0.2) is 0 Å². The summed E-state index contributed by atoms with van der Waals surface area (Å²) in [7, 11) is 0. The average molecular weight is 376 g/mol. The minimum Gasteiger partial charge on any atom is -0.376 e. The highest BCUT2D eigenvalue weighted by molar-refractivity contribution is 9.10. The molecule has 5 nitrogen and oxygen atoms in total. The lowest BCUT2D eigenvalue weighted by molar-refractivity contribution is -0.114. The quantitative estimate of drug-likeness (QED) is 0.725. The molecule has 0 aliphatic rings. The molecule has 0 fully saturated rings. The normalized spacial score (nSPS) is 10.0. The van der Waals surface area contributed by atoms with E-state index in [0.29, 0.717) is 12.1 Å². The van der Waals surface area contributed by atoms with Crippen LogP contribution >= 0.6 is 15.9 Å². The van der Waals surface area contributed by atoms with E-state index < -0.39 is 0 Å². The molecule has 2 rings (SSSR count). The number of carbonyl (C=O) groups excluding carboxylic acids is 2. The van der Waals surface area contributed by atoms with Gasteiger partial charge in [-0.25, -0.2) is 0 Å². The van der Waals surface area contributed by atoms with Crippen LogP contribution in [0.25, 0.3) is 0 Å². The van der Waals surface area contributed by atoms with E-state index in [4.69, 9.17) is 0 Å². The van der Waals surface area contributed by atoms with Gasteiger partial charge >= 0.3 is 0 Å². The van der Waals surface area contributed by atoms with E-state index in [1.54, 1.807) is 18.2 Å². The molecule has 0 saturated heterocycles. The van der Waals surface area contributed by atoms with E-state index in [1.165, 1.54) is 0 Å². The van der Waals surface area contributed by atoms with Gasteiger partial charge in [-0.15, -0.1) is 0 Å². The molecule has 2 amide bonds. The third-order valence-electron chi connectivity index (χ3n) is 3.06. The summed E-state index contributed by atoms with van der Waals surface area (Å²) in [5.74, 6) is -0.297. The molecule has 0 heterocycles. The van der Waals surface area contributed by atoms with Gasteiger partial charge in [0, 0.05) is 22.3 Å². The molecule has 6 heteroatoms. The molecule has 0 aromatic heterocycles. The first-order chi connectivity index (χ1) is 11.1. The number of para-hydroxylation sites is 1. The summed E-state index contributed by atoms with van der Waals surface area (Å²) in [6.45, 7) is 2.55. The Balaban J connectivity index is 1.93. The van der Waals surface area contributed by atoms with Crippen LogP contribution in [0.4, 0.5) is 11.4 Å². The van der Waals surface area contributed by atoms with Gasteiger partial charge in [0.25, 0.3) is 5.91 Å². The van der Waals surface area contributed by atoms with Gasteiger partial charge in [-0.05, 0) is 53.2 Å². The lowest BCUT2D eigenvalue weighted by atomic mass is 10.2. The van der Waals surface area contributed by atoms with Crippen molar-refractivity contribution < 1.29 is 9.59 Å². The number of carbonyl (C=O) groups is 2. The van der Waals surface area contributed by atoms with E-state index in [0.717, 1.165) is 15.8 Å². The molecule has 2 aromatic carbocycles. The van der Waals surface area contributed by atoms with Crippen LogP contribution in [0, 0.1) is 0 Å². The lowest BCUT2D eigenvalue weighted by Crippen LogP contribution is -2.23. The molecule has 2 aromatic rings. The van der Waals surface area contributed by atoms with E-state index in [2.05, 4.69) is 31.9 Å². The van der Waals surface area contributed by atoms with Gasteiger partial charge in [-0.1, -0.05) is 18.2 Å². The fourth-order valence-corrected chi connectivity index (χ4v) is 2.36. The highest BCUT2D eigenvalue weighted by Gasteiger charge is 2.07. The SMILES string of the molecule is CCNC(=O)c1cccc(NCC(=O)Nc2ccccc2Br)c1. The molecule has 0 saturated carbocycles. The first-order valence-electron chi connectivity index (χ1n) is 7.26. The second-order valence-corrected chi connectivity index (χ2v) is 5.68. The van der Waals surface area contributed by atoms with Crippen molar-refractivity contribution in [3.05, 3.63) is 58.6 Å². The van der Waals surface area contributed by atoms with Crippen LogP contribution in [0.15, 0.2) is 53.0 Å². The maximum Gasteiger partial charge on any atom is 0.251 e. The van der Waals surface area contributed by atoms with Crippen LogP contribution in [0.2, 0.25) is 0 Å². The van der Waals surface area contributed by atoms with Crippen LogP contribution in [0.1, 0.15) is 17.3 Å². The minimum atomic E-state index is -0.166. The third kappa shape index (κ3) is 5.10. The van der Waals surface area contributed by atoms with Crippen molar-refractivity contribution in [2.75, 3.05) is 23.7 Å². The highest BCUT2D eigenvalue weighted by Crippen LogP contribution is 2.21. The highest BCUT2D eigenvalue weighted by atomic mass is 79.9. The number of halogens is 1. The largest absolute Gasteiger partial charge is 0.376 e. The minimum absolute atomic E-state index is 0.111. The second kappa shape index (κ2) is 8.33. The summed E-state index contributed by atoms with van der Waals surface area (Å²) in [4.78, 5) is 23.8. The molecule has 0 bridgehead atoms. The second-order valence-electron chi connectivity index (χ2n) is 4.82. The number of amides is 2. The number of hydrogen-bond donors (Lipinski definition) is 3. The zero-order chi connectivity index (χ0) is 16.7. The van der Waals surface area contributed by atoms with E-state index in [1.807, 2.05) is 37.3 Å². The lowest BCUT2D eigenvalue weighted by Gasteiger charge is -2.10. The first-order valence-corrected chi connectivity index (χ1v) is 8.06. The van der Waals surface area contributed by atoms with E-state index >= 15 is 0 Å². The summed E-state index contributed by atoms with van der Waals surface area (Å²) in [5.41, 5.74) is 1.99. The van der Waals surface area contributed by atoms with Crippen LogP contribution in [0.3, 0.4) is 0 Å². The Kier molecular flexibility index (Phi) is 6.17. The summed E-state index contributed by atoms with van der Waals surface area (Å²) >= 11 is 3.38. The molecular weight excluding hydrogens is 358 g/mol. The Morgan fingerprint density at radius 1 is 1.09 bits per heavy atom. The van der Waals surface area contributed by atoms with Crippen LogP contribution in [-0.2, 0) is 4.79 Å². The molecule has 0 atom stereocenters. The number of anilines is 2. The molecule has 0 aliphatic heterocycles. The number of rotatable bonds is 6. The Labute approximate surface area is 143 Å². The molecule has 23 heavy (non-hydrogen) atoms. The van der Waals surface area contributed by atoms with Crippen LogP contribution in [0.5, 0.6) is 0 Å².